The highest BCUT2D eigenvalue weighted by Crippen LogP contribution is 2.30. The molecule has 6 nitrogen and oxygen atoms in total. The zero-order chi connectivity index (χ0) is 16.4. The molecule has 0 saturated carbocycles. The minimum Gasteiger partial charge on any atom is -0.377 e. The van der Waals surface area contributed by atoms with E-state index >= 15 is 0 Å². The molecule has 1 aliphatic heterocycles. The molecule has 0 N–H and O–H groups in total. The first-order valence-electron chi connectivity index (χ1n) is 6.79. The van der Waals surface area contributed by atoms with E-state index in [1.807, 2.05) is 0 Å². The highest BCUT2D eigenvalue weighted by molar-refractivity contribution is 5.94. The molecule has 23 heavy (non-hydrogen) atoms. The van der Waals surface area contributed by atoms with Gasteiger partial charge in [0.15, 0.2) is 5.82 Å². The van der Waals surface area contributed by atoms with Crippen LogP contribution in [0.5, 0.6) is 0 Å². The van der Waals surface area contributed by atoms with Gasteiger partial charge in [0.05, 0.1) is 18.8 Å². The molecule has 3 rings (SSSR count). The minimum absolute atomic E-state index is 0.0461. The summed E-state index contributed by atoms with van der Waals surface area (Å²) < 4.78 is 48.4. The van der Waals surface area contributed by atoms with Gasteiger partial charge in [0, 0.05) is 12.1 Å². The Bertz CT molecular complexity index is 688. The predicted molar refractivity (Wildman–Crippen MR) is 70.3 cm³/mol. The van der Waals surface area contributed by atoms with E-state index in [1.165, 1.54) is 17.0 Å². The van der Waals surface area contributed by atoms with E-state index in [-0.39, 0.29) is 24.5 Å². The molecule has 1 aromatic heterocycles. The molecular formula is C14H12F3N3O3. The molecule has 2 heterocycles. The van der Waals surface area contributed by atoms with Crippen molar-refractivity contribution in [3.8, 4) is 0 Å². The number of carbonyl (C=O) groups excluding carboxylic acids is 1. The summed E-state index contributed by atoms with van der Waals surface area (Å²) in [6, 6.07) is 3.72. The number of amides is 1. The normalized spacial score (nSPS) is 18.9. The maximum absolute atomic E-state index is 12.8. The van der Waals surface area contributed by atoms with Crippen LogP contribution in [0.1, 0.15) is 27.8 Å². The van der Waals surface area contributed by atoms with Crippen molar-refractivity contribution < 1.29 is 27.2 Å². The Hall–Kier alpha value is -2.42. The first kappa shape index (κ1) is 15.5. The van der Waals surface area contributed by atoms with E-state index in [9.17, 15) is 18.0 Å². The van der Waals surface area contributed by atoms with Gasteiger partial charge < -0.3 is 14.2 Å². The van der Waals surface area contributed by atoms with Gasteiger partial charge in [-0.05, 0) is 18.2 Å². The smallest absolute Gasteiger partial charge is 0.377 e. The van der Waals surface area contributed by atoms with E-state index in [4.69, 9.17) is 4.74 Å². The van der Waals surface area contributed by atoms with Crippen LogP contribution in [0.25, 0.3) is 0 Å². The van der Waals surface area contributed by atoms with Crippen LogP contribution in [0.3, 0.4) is 0 Å². The van der Waals surface area contributed by atoms with Crippen LogP contribution in [0.4, 0.5) is 13.2 Å². The minimum atomic E-state index is -4.51. The van der Waals surface area contributed by atoms with Crippen molar-refractivity contribution in [2.24, 2.45) is 0 Å². The van der Waals surface area contributed by atoms with Gasteiger partial charge in [0.2, 0.25) is 6.39 Å². The zero-order valence-corrected chi connectivity index (χ0v) is 11.8. The average molecular weight is 327 g/mol. The van der Waals surface area contributed by atoms with E-state index in [2.05, 4.69) is 14.7 Å². The molecule has 1 atom stereocenters. The van der Waals surface area contributed by atoms with Gasteiger partial charge in [0.1, 0.15) is 6.04 Å². The maximum atomic E-state index is 12.8. The molecule has 0 radical (unpaired) electrons. The van der Waals surface area contributed by atoms with Crippen LogP contribution in [0.2, 0.25) is 0 Å². The second-order valence-electron chi connectivity index (χ2n) is 4.96. The Morgan fingerprint density at radius 3 is 2.87 bits per heavy atom. The number of morpholine rings is 1. The first-order chi connectivity index (χ1) is 11.0. The van der Waals surface area contributed by atoms with Gasteiger partial charge >= 0.3 is 6.18 Å². The van der Waals surface area contributed by atoms with E-state index in [0.29, 0.717) is 6.61 Å². The molecule has 9 heteroatoms. The van der Waals surface area contributed by atoms with Gasteiger partial charge in [-0.1, -0.05) is 11.2 Å². The number of nitrogens with zero attached hydrogens (tertiary/aromatic N) is 3. The van der Waals surface area contributed by atoms with Gasteiger partial charge in [-0.25, -0.2) is 0 Å². The van der Waals surface area contributed by atoms with Crippen molar-refractivity contribution in [3.63, 3.8) is 0 Å². The largest absolute Gasteiger partial charge is 0.416 e. The summed E-state index contributed by atoms with van der Waals surface area (Å²) in [7, 11) is 0. The van der Waals surface area contributed by atoms with Crippen LogP contribution in [-0.2, 0) is 10.9 Å². The molecule has 0 spiro atoms. The summed E-state index contributed by atoms with van der Waals surface area (Å²) in [4.78, 5) is 17.9. The number of carbonyl (C=O) groups is 1. The maximum Gasteiger partial charge on any atom is 0.416 e. The first-order valence-corrected chi connectivity index (χ1v) is 6.79. The number of aromatic nitrogens is 2. The van der Waals surface area contributed by atoms with Gasteiger partial charge in [-0.15, -0.1) is 0 Å². The molecule has 1 fully saturated rings. The van der Waals surface area contributed by atoms with Crippen molar-refractivity contribution in [3.05, 3.63) is 47.6 Å². The second-order valence-corrected chi connectivity index (χ2v) is 4.96. The van der Waals surface area contributed by atoms with Crippen molar-refractivity contribution in [2.45, 2.75) is 12.2 Å². The molecule has 1 unspecified atom stereocenters. The van der Waals surface area contributed by atoms with Gasteiger partial charge in [-0.2, -0.15) is 18.2 Å². The Kier molecular flexibility index (Phi) is 4.03. The Labute approximate surface area is 128 Å². The molecule has 0 aliphatic carbocycles. The van der Waals surface area contributed by atoms with Crippen molar-refractivity contribution in [2.75, 3.05) is 19.8 Å². The third kappa shape index (κ3) is 3.19. The van der Waals surface area contributed by atoms with Gasteiger partial charge in [-0.3, -0.25) is 4.79 Å². The zero-order valence-electron chi connectivity index (χ0n) is 11.8. The SMILES string of the molecule is O=C(c1cccc(C(F)(F)F)c1)N1CCOCC1c1ncon1. The third-order valence-electron chi connectivity index (χ3n) is 3.50. The molecule has 1 aromatic carbocycles. The Morgan fingerprint density at radius 2 is 2.17 bits per heavy atom. The number of benzene rings is 1. The average Bonchev–Trinajstić information content (AvgIpc) is 3.08. The van der Waals surface area contributed by atoms with Crippen LogP contribution in [-0.4, -0.2) is 40.7 Å². The number of hydrogen-bond donors (Lipinski definition) is 0. The van der Waals surface area contributed by atoms with Crippen LogP contribution < -0.4 is 0 Å². The third-order valence-corrected chi connectivity index (χ3v) is 3.50. The lowest BCUT2D eigenvalue weighted by atomic mass is 10.1. The second kappa shape index (κ2) is 5.99. The lowest BCUT2D eigenvalue weighted by molar-refractivity contribution is -0.137. The van der Waals surface area contributed by atoms with E-state index in [1.54, 1.807) is 0 Å². The molecule has 1 aliphatic rings. The van der Waals surface area contributed by atoms with Crippen LogP contribution in [0.15, 0.2) is 35.2 Å². The van der Waals surface area contributed by atoms with Crippen molar-refractivity contribution in [1.29, 1.82) is 0 Å². The lowest BCUT2D eigenvalue weighted by Gasteiger charge is -2.33. The van der Waals surface area contributed by atoms with E-state index < -0.39 is 23.7 Å². The fraction of sp³-hybridized carbons (Fsp3) is 0.357. The topological polar surface area (TPSA) is 68.5 Å². The molecule has 122 valence electrons. The standard InChI is InChI=1S/C14H12F3N3O3/c15-14(16,17)10-3-1-2-9(6-10)13(21)20-4-5-22-7-11(20)12-18-8-23-19-12/h1-3,6,8,11H,4-5,7H2. The number of hydrogen-bond acceptors (Lipinski definition) is 5. The van der Waals surface area contributed by atoms with Crippen molar-refractivity contribution in [1.82, 2.24) is 15.0 Å². The lowest BCUT2D eigenvalue weighted by Crippen LogP contribution is -2.43. The fourth-order valence-electron chi connectivity index (χ4n) is 2.38. The summed E-state index contributed by atoms with van der Waals surface area (Å²) in [6.07, 6.45) is -3.38. The quantitative estimate of drug-likeness (QED) is 0.846. The fourth-order valence-corrected chi connectivity index (χ4v) is 2.38. The number of alkyl halides is 3. The summed E-state index contributed by atoms with van der Waals surface area (Å²) in [5.74, 6) is -0.278. The van der Waals surface area contributed by atoms with Gasteiger partial charge in [0.25, 0.3) is 5.91 Å². The van der Waals surface area contributed by atoms with E-state index in [0.717, 1.165) is 18.5 Å². The molecule has 1 saturated heterocycles. The Balaban J connectivity index is 1.89. The predicted octanol–water partition coefficient (Wildman–Crippen LogP) is 2.30. The monoisotopic (exact) mass is 327 g/mol. The van der Waals surface area contributed by atoms with Crippen LogP contribution in [0, 0.1) is 0 Å². The Morgan fingerprint density at radius 1 is 1.35 bits per heavy atom. The summed E-state index contributed by atoms with van der Waals surface area (Å²) in [5.41, 5.74) is -0.914. The number of halogens is 3. The molecule has 2 aromatic rings. The van der Waals surface area contributed by atoms with Crippen molar-refractivity contribution >= 4 is 5.91 Å². The van der Waals surface area contributed by atoms with Crippen LogP contribution >= 0.6 is 0 Å². The highest BCUT2D eigenvalue weighted by Gasteiger charge is 2.34. The number of rotatable bonds is 2. The number of ether oxygens (including phenoxy) is 1. The molecule has 0 bridgehead atoms. The summed E-state index contributed by atoms with van der Waals surface area (Å²) >= 11 is 0. The molecule has 1 amide bonds. The highest BCUT2D eigenvalue weighted by atomic mass is 19.4. The molecular weight excluding hydrogens is 315 g/mol. The summed E-state index contributed by atoms with van der Waals surface area (Å²) in [5, 5.41) is 3.68. The summed E-state index contributed by atoms with van der Waals surface area (Å²) in [6.45, 7) is 0.678.